The molecule has 0 spiro atoms. The first-order valence-corrected chi connectivity index (χ1v) is 8.25. The number of nitrogens with zero attached hydrogens (tertiary/aromatic N) is 2. The van der Waals surface area contributed by atoms with E-state index in [4.69, 9.17) is 10.5 Å². The highest BCUT2D eigenvalue weighted by Gasteiger charge is 2.06. The smallest absolute Gasteiger partial charge is 0.123 e. The molecule has 2 heterocycles. The Morgan fingerprint density at radius 2 is 1.77 bits per heavy atom. The molecule has 0 unspecified atom stereocenters. The van der Waals surface area contributed by atoms with Gasteiger partial charge in [-0.3, -0.25) is 5.10 Å². The van der Waals surface area contributed by atoms with Crippen LogP contribution >= 0.6 is 0 Å². The van der Waals surface area contributed by atoms with Gasteiger partial charge in [0.25, 0.3) is 0 Å². The summed E-state index contributed by atoms with van der Waals surface area (Å²) in [4.78, 5) is 4.04. The molecule has 0 radical (unpaired) electrons. The van der Waals surface area contributed by atoms with Gasteiger partial charge in [0.05, 0.1) is 18.3 Å². The monoisotopic (exact) mass is 342 g/mol. The van der Waals surface area contributed by atoms with E-state index in [1.165, 1.54) is 0 Å². The van der Waals surface area contributed by atoms with Crippen LogP contribution in [0.2, 0.25) is 0 Å². The third kappa shape index (κ3) is 3.15. The number of nitrogens with two attached hydrogens (primary N) is 1. The van der Waals surface area contributed by atoms with Crippen molar-refractivity contribution in [3.63, 3.8) is 0 Å². The average Bonchev–Trinajstić information content (AvgIpc) is 3.09. The molecule has 4 rings (SSSR count). The number of hydrogen-bond donors (Lipinski definition) is 2. The third-order valence-electron chi connectivity index (χ3n) is 4.26. The molecule has 0 aliphatic rings. The first kappa shape index (κ1) is 15.9. The second-order valence-corrected chi connectivity index (χ2v) is 5.95. The lowest BCUT2D eigenvalue weighted by Gasteiger charge is -2.02. The summed E-state index contributed by atoms with van der Waals surface area (Å²) < 4.78 is 5.18. The van der Waals surface area contributed by atoms with Crippen molar-refractivity contribution in [3.05, 3.63) is 72.1 Å². The van der Waals surface area contributed by atoms with Crippen molar-refractivity contribution in [1.82, 2.24) is 15.2 Å². The summed E-state index contributed by atoms with van der Waals surface area (Å²) in [6, 6.07) is 17.9. The van der Waals surface area contributed by atoms with Crippen LogP contribution in [0.5, 0.6) is 5.75 Å². The molecule has 0 fully saturated rings. The summed E-state index contributed by atoms with van der Waals surface area (Å²) in [7, 11) is 1.66. The summed E-state index contributed by atoms with van der Waals surface area (Å²) >= 11 is 0. The van der Waals surface area contributed by atoms with Crippen molar-refractivity contribution in [1.29, 1.82) is 0 Å². The number of rotatable bonds is 4. The van der Waals surface area contributed by atoms with Gasteiger partial charge in [0.1, 0.15) is 11.6 Å². The fraction of sp³-hybridized carbons (Fsp3) is 0.0476. The lowest BCUT2D eigenvalue weighted by molar-refractivity contribution is 0.415. The zero-order chi connectivity index (χ0) is 17.9. The minimum Gasteiger partial charge on any atom is -0.497 e. The molecule has 0 aliphatic heterocycles. The predicted molar refractivity (Wildman–Crippen MR) is 106 cm³/mol. The highest BCUT2D eigenvalue weighted by Crippen LogP contribution is 2.26. The Hall–Kier alpha value is -3.60. The van der Waals surface area contributed by atoms with E-state index in [1.807, 2.05) is 48.6 Å². The molecule has 0 atom stereocenters. The minimum atomic E-state index is 0.510. The zero-order valence-corrected chi connectivity index (χ0v) is 14.3. The van der Waals surface area contributed by atoms with Gasteiger partial charge < -0.3 is 10.5 Å². The van der Waals surface area contributed by atoms with Crippen LogP contribution in [-0.4, -0.2) is 22.3 Å². The Bertz CT molecular complexity index is 1080. The van der Waals surface area contributed by atoms with Gasteiger partial charge in [-0.25, -0.2) is 4.98 Å². The van der Waals surface area contributed by atoms with Gasteiger partial charge in [-0.15, -0.1) is 0 Å². The first-order chi connectivity index (χ1) is 12.7. The quantitative estimate of drug-likeness (QED) is 0.577. The summed E-state index contributed by atoms with van der Waals surface area (Å²) in [6.07, 6.45) is 5.75. The average molecular weight is 342 g/mol. The molecule has 3 N–H and O–H groups in total. The molecule has 2 aromatic heterocycles. The predicted octanol–water partition coefficient (Wildman–Crippen LogP) is 4.39. The van der Waals surface area contributed by atoms with Crippen LogP contribution in [-0.2, 0) is 0 Å². The highest BCUT2D eigenvalue weighted by atomic mass is 16.5. The van der Waals surface area contributed by atoms with E-state index in [9.17, 15) is 0 Å². The molecule has 0 aliphatic carbocycles. The summed E-state index contributed by atoms with van der Waals surface area (Å²) in [6.45, 7) is 0. The highest BCUT2D eigenvalue weighted by molar-refractivity contribution is 5.92. The summed E-state index contributed by atoms with van der Waals surface area (Å²) in [5, 5.41) is 8.59. The molecule has 0 amide bonds. The number of aromatic nitrogens is 3. The molecule has 0 saturated carbocycles. The van der Waals surface area contributed by atoms with Crippen LogP contribution in [0.3, 0.4) is 0 Å². The molecule has 4 aromatic rings. The number of nitrogens with one attached hydrogen (secondary N) is 1. The van der Waals surface area contributed by atoms with E-state index < -0.39 is 0 Å². The second-order valence-electron chi connectivity index (χ2n) is 5.95. The fourth-order valence-electron chi connectivity index (χ4n) is 2.87. The molecular weight excluding hydrogens is 324 g/mol. The van der Waals surface area contributed by atoms with Gasteiger partial charge in [-0.05, 0) is 59.2 Å². The van der Waals surface area contributed by atoms with E-state index in [-0.39, 0.29) is 0 Å². The van der Waals surface area contributed by atoms with Gasteiger partial charge in [0, 0.05) is 11.6 Å². The van der Waals surface area contributed by atoms with E-state index in [0.29, 0.717) is 5.82 Å². The number of pyridine rings is 1. The molecule has 0 bridgehead atoms. The Labute approximate surface area is 151 Å². The second kappa shape index (κ2) is 6.72. The van der Waals surface area contributed by atoms with E-state index in [2.05, 4.69) is 33.4 Å². The normalized spacial score (nSPS) is 11.3. The van der Waals surface area contributed by atoms with Crippen LogP contribution in [0.15, 0.2) is 60.8 Å². The maximum atomic E-state index is 5.78. The zero-order valence-electron chi connectivity index (χ0n) is 14.3. The molecule has 2 aromatic carbocycles. The van der Waals surface area contributed by atoms with Crippen molar-refractivity contribution >= 4 is 28.9 Å². The van der Waals surface area contributed by atoms with Gasteiger partial charge in [-0.1, -0.05) is 24.3 Å². The Balaban J connectivity index is 1.63. The Morgan fingerprint density at radius 3 is 2.54 bits per heavy atom. The largest absolute Gasteiger partial charge is 0.497 e. The Kier molecular flexibility index (Phi) is 4.11. The number of ether oxygens (including phenoxy) is 1. The number of H-pyrrole nitrogens is 1. The number of nitrogen functional groups attached to an aromatic ring is 1. The maximum absolute atomic E-state index is 5.78. The van der Waals surface area contributed by atoms with Crippen molar-refractivity contribution < 1.29 is 4.74 Å². The van der Waals surface area contributed by atoms with E-state index in [0.717, 1.165) is 39.0 Å². The van der Waals surface area contributed by atoms with Gasteiger partial charge in [-0.2, -0.15) is 5.10 Å². The van der Waals surface area contributed by atoms with Crippen LogP contribution < -0.4 is 10.5 Å². The van der Waals surface area contributed by atoms with Crippen LogP contribution in [0.1, 0.15) is 11.3 Å². The number of hydrogen-bond acceptors (Lipinski definition) is 4. The molecule has 5 nitrogen and oxygen atoms in total. The number of benzene rings is 2. The van der Waals surface area contributed by atoms with E-state index in [1.54, 1.807) is 13.3 Å². The van der Waals surface area contributed by atoms with Crippen LogP contribution in [0.4, 0.5) is 5.82 Å². The standard InChI is InChI=1S/C21H18N4O/c1-26-17-6-2-14(3-7-17)4-9-19-18-8-5-15(12-20(18)25-24-19)16-10-11-23-21(22)13-16/h2-13H,1H3,(H2,22,23)(H,24,25). The van der Waals surface area contributed by atoms with Crippen LogP contribution in [0.25, 0.3) is 34.2 Å². The first-order valence-electron chi connectivity index (χ1n) is 8.25. The number of anilines is 1. The van der Waals surface area contributed by atoms with Crippen molar-refractivity contribution in [3.8, 4) is 16.9 Å². The molecular formula is C21H18N4O. The van der Waals surface area contributed by atoms with Gasteiger partial charge in [0.2, 0.25) is 0 Å². The van der Waals surface area contributed by atoms with E-state index >= 15 is 0 Å². The molecule has 0 saturated heterocycles. The number of methoxy groups -OCH3 is 1. The maximum Gasteiger partial charge on any atom is 0.123 e. The molecule has 5 heteroatoms. The fourth-order valence-corrected chi connectivity index (χ4v) is 2.87. The van der Waals surface area contributed by atoms with Crippen molar-refractivity contribution in [2.24, 2.45) is 0 Å². The van der Waals surface area contributed by atoms with Gasteiger partial charge in [0.15, 0.2) is 0 Å². The number of aromatic amines is 1. The molecule has 128 valence electrons. The van der Waals surface area contributed by atoms with Crippen molar-refractivity contribution in [2.75, 3.05) is 12.8 Å². The number of fused-ring (bicyclic) bond motifs is 1. The lowest BCUT2D eigenvalue weighted by Crippen LogP contribution is -1.89. The minimum absolute atomic E-state index is 0.510. The van der Waals surface area contributed by atoms with Crippen LogP contribution in [0, 0.1) is 0 Å². The van der Waals surface area contributed by atoms with Gasteiger partial charge >= 0.3 is 0 Å². The topological polar surface area (TPSA) is 76.8 Å². The lowest BCUT2D eigenvalue weighted by atomic mass is 10.0. The third-order valence-corrected chi connectivity index (χ3v) is 4.26. The summed E-state index contributed by atoms with van der Waals surface area (Å²) in [5.74, 6) is 1.35. The SMILES string of the molecule is COc1ccc(C=Cc2n[nH]c3cc(-c4ccnc(N)c4)ccc23)cc1. The Morgan fingerprint density at radius 1 is 0.962 bits per heavy atom. The summed E-state index contributed by atoms with van der Waals surface area (Å²) in [5.41, 5.74) is 10.8. The molecule has 26 heavy (non-hydrogen) atoms. The van der Waals surface area contributed by atoms with Crippen molar-refractivity contribution in [2.45, 2.75) is 0 Å².